The molecule has 0 radical (unpaired) electrons. The van der Waals surface area contributed by atoms with Gasteiger partial charge in [-0.15, -0.1) is 0 Å². The molecule has 0 atom stereocenters. The lowest BCUT2D eigenvalue weighted by molar-refractivity contribution is -0.384. The van der Waals surface area contributed by atoms with Gasteiger partial charge in [0, 0.05) is 24.4 Å². The lowest BCUT2D eigenvalue weighted by Crippen LogP contribution is -1.91. The number of aromatic nitrogens is 1. The van der Waals surface area contributed by atoms with Crippen LogP contribution in [0, 0.1) is 21.4 Å². The van der Waals surface area contributed by atoms with Crippen LogP contribution >= 0.6 is 11.6 Å². The molecule has 2 aromatic rings. The average molecular weight is 276 g/mol. The fourth-order valence-corrected chi connectivity index (χ4v) is 1.61. The first kappa shape index (κ1) is 12.8. The second-order valence-corrected chi connectivity index (χ2v) is 3.87. The molecule has 0 saturated heterocycles. The van der Waals surface area contributed by atoms with Crippen molar-refractivity contribution in [1.29, 1.82) is 5.26 Å². The Kier molecular flexibility index (Phi) is 3.59. The first-order chi connectivity index (χ1) is 9.10. The zero-order chi connectivity index (χ0) is 13.8. The summed E-state index contributed by atoms with van der Waals surface area (Å²) in [5.41, 5.74) is 0.0203. The third kappa shape index (κ3) is 2.97. The predicted octanol–water partition coefficient (Wildman–Crippen LogP) is 3.31. The van der Waals surface area contributed by atoms with Crippen LogP contribution in [0.1, 0.15) is 5.69 Å². The SMILES string of the molecule is N#Cc1cc(Oc2ccc([N+](=O)[O-])c(Cl)c2)ccn1. The van der Waals surface area contributed by atoms with Gasteiger partial charge < -0.3 is 4.74 Å². The third-order valence-electron chi connectivity index (χ3n) is 2.20. The molecule has 0 unspecified atom stereocenters. The Hall–Kier alpha value is -2.65. The van der Waals surface area contributed by atoms with Gasteiger partial charge in [0.1, 0.15) is 28.3 Å². The summed E-state index contributed by atoms with van der Waals surface area (Å²) in [6.07, 6.45) is 1.43. The molecular formula is C12H6ClN3O3. The van der Waals surface area contributed by atoms with Crippen molar-refractivity contribution < 1.29 is 9.66 Å². The van der Waals surface area contributed by atoms with Crippen molar-refractivity contribution in [2.24, 2.45) is 0 Å². The van der Waals surface area contributed by atoms with Gasteiger partial charge in [-0.2, -0.15) is 5.26 Å². The number of rotatable bonds is 3. The maximum Gasteiger partial charge on any atom is 0.288 e. The molecule has 1 aromatic heterocycles. The molecule has 0 spiro atoms. The molecule has 0 N–H and O–H groups in total. The molecule has 19 heavy (non-hydrogen) atoms. The van der Waals surface area contributed by atoms with E-state index >= 15 is 0 Å². The highest BCUT2D eigenvalue weighted by atomic mass is 35.5. The highest BCUT2D eigenvalue weighted by Gasteiger charge is 2.12. The van der Waals surface area contributed by atoms with Gasteiger partial charge in [-0.1, -0.05) is 11.6 Å². The highest BCUT2D eigenvalue weighted by molar-refractivity contribution is 6.32. The normalized spacial score (nSPS) is 9.68. The monoisotopic (exact) mass is 275 g/mol. The molecule has 0 aliphatic carbocycles. The molecule has 6 nitrogen and oxygen atoms in total. The lowest BCUT2D eigenvalue weighted by Gasteiger charge is -2.05. The minimum Gasteiger partial charge on any atom is -0.457 e. The third-order valence-corrected chi connectivity index (χ3v) is 2.50. The van der Waals surface area contributed by atoms with Gasteiger partial charge in [0.05, 0.1) is 4.92 Å². The summed E-state index contributed by atoms with van der Waals surface area (Å²) in [7, 11) is 0. The number of pyridine rings is 1. The van der Waals surface area contributed by atoms with Gasteiger partial charge in [-0.3, -0.25) is 10.1 Å². The Morgan fingerprint density at radius 2 is 2.05 bits per heavy atom. The lowest BCUT2D eigenvalue weighted by atomic mass is 10.3. The van der Waals surface area contributed by atoms with Crippen LogP contribution in [0.5, 0.6) is 11.5 Å². The van der Waals surface area contributed by atoms with Crippen LogP contribution in [0.15, 0.2) is 36.5 Å². The van der Waals surface area contributed by atoms with Crippen LogP contribution < -0.4 is 4.74 Å². The standard InChI is InChI=1S/C12H6ClN3O3/c13-11-6-9(1-2-12(11)16(17)18)19-10-3-4-15-8(5-10)7-14/h1-6H. The average Bonchev–Trinajstić information content (AvgIpc) is 2.38. The summed E-state index contributed by atoms with van der Waals surface area (Å²) >= 11 is 5.76. The minimum absolute atomic E-state index is 0.0166. The molecule has 0 aliphatic rings. The van der Waals surface area contributed by atoms with Crippen molar-refractivity contribution in [3.63, 3.8) is 0 Å². The topological polar surface area (TPSA) is 89.0 Å². The van der Waals surface area contributed by atoms with Crippen LogP contribution in [-0.2, 0) is 0 Å². The van der Waals surface area contributed by atoms with Crippen molar-refractivity contribution in [1.82, 2.24) is 4.98 Å². The maximum absolute atomic E-state index is 10.6. The number of benzene rings is 1. The Labute approximate surface area is 113 Å². The van der Waals surface area contributed by atoms with E-state index in [2.05, 4.69) is 4.98 Å². The molecule has 0 bridgehead atoms. The van der Waals surface area contributed by atoms with Crippen molar-refractivity contribution in [2.75, 3.05) is 0 Å². The number of halogens is 1. The van der Waals surface area contributed by atoms with Crippen molar-refractivity contribution in [3.8, 4) is 17.6 Å². The van der Waals surface area contributed by atoms with E-state index in [-0.39, 0.29) is 16.4 Å². The summed E-state index contributed by atoms with van der Waals surface area (Å²) in [4.78, 5) is 13.8. The Bertz CT molecular complexity index is 682. The molecule has 1 heterocycles. The second-order valence-electron chi connectivity index (χ2n) is 3.46. The van der Waals surface area contributed by atoms with Crippen molar-refractivity contribution >= 4 is 17.3 Å². The van der Waals surface area contributed by atoms with Gasteiger partial charge in [-0.05, 0) is 12.1 Å². The van der Waals surface area contributed by atoms with E-state index in [1.54, 1.807) is 6.07 Å². The van der Waals surface area contributed by atoms with E-state index in [1.165, 1.54) is 30.5 Å². The Balaban J connectivity index is 2.26. The largest absolute Gasteiger partial charge is 0.457 e. The summed E-state index contributed by atoms with van der Waals surface area (Å²) in [6.45, 7) is 0. The van der Waals surface area contributed by atoms with E-state index in [1.807, 2.05) is 6.07 Å². The molecule has 0 saturated carbocycles. The summed E-state index contributed by atoms with van der Waals surface area (Å²) < 4.78 is 5.44. The van der Waals surface area contributed by atoms with Gasteiger partial charge in [-0.25, -0.2) is 4.98 Å². The Morgan fingerprint density at radius 3 is 2.68 bits per heavy atom. The molecule has 94 valence electrons. The fraction of sp³-hybridized carbons (Fsp3) is 0. The van der Waals surface area contributed by atoms with Gasteiger partial charge in [0.25, 0.3) is 5.69 Å². The molecule has 7 heteroatoms. The van der Waals surface area contributed by atoms with Crippen LogP contribution in [-0.4, -0.2) is 9.91 Å². The fourth-order valence-electron chi connectivity index (χ4n) is 1.37. The van der Waals surface area contributed by atoms with Crippen molar-refractivity contribution in [2.45, 2.75) is 0 Å². The quantitative estimate of drug-likeness (QED) is 0.633. The van der Waals surface area contributed by atoms with Crippen LogP contribution in [0.3, 0.4) is 0 Å². The van der Waals surface area contributed by atoms with Gasteiger partial charge in [0.2, 0.25) is 0 Å². The summed E-state index contributed by atoms with van der Waals surface area (Å²) in [5.74, 6) is 0.738. The zero-order valence-electron chi connectivity index (χ0n) is 9.41. The number of hydrogen-bond donors (Lipinski definition) is 0. The number of nitro benzene ring substituents is 1. The molecule has 0 fully saturated rings. The maximum atomic E-state index is 10.6. The Morgan fingerprint density at radius 1 is 1.32 bits per heavy atom. The summed E-state index contributed by atoms with van der Waals surface area (Å²) in [6, 6.07) is 8.92. The van der Waals surface area contributed by atoms with Crippen molar-refractivity contribution in [3.05, 3.63) is 57.4 Å². The zero-order valence-corrected chi connectivity index (χ0v) is 10.2. The van der Waals surface area contributed by atoms with Crippen LogP contribution in [0.25, 0.3) is 0 Å². The van der Waals surface area contributed by atoms with Gasteiger partial charge >= 0.3 is 0 Å². The molecule has 2 rings (SSSR count). The number of nitro groups is 1. The van der Waals surface area contributed by atoms with Crippen LogP contribution in [0.2, 0.25) is 5.02 Å². The molecular weight excluding hydrogens is 270 g/mol. The minimum atomic E-state index is -0.577. The van der Waals surface area contributed by atoms with Gasteiger partial charge in [0.15, 0.2) is 0 Å². The highest BCUT2D eigenvalue weighted by Crippen LogP contribution is 2.30. The summed E-state index contributed by atoms with van der Waals surface area (Å²) in [5, 5.41) is 19.3. The van der Waals surface area contributed by atoms with E-state index in [4.69, 9.17) is 21.6 Å². The molecule has 0 amide bonds. The van der Waals surface area contributed by atoms with E-state index in [0.717, 1.165) is 0 Å². The molecule has 1 aromatic carbocycles. The smallest absolute Gasteiger partial charge is 0.288 e. The van der Waals surface area contributed by atoms with E-state index in [0.29, 0.717) is 11.5 Å². The second kappa shape index (κ2) is 5.33. The van der Waals surface area contributed by atoms with E-state index in [9.17, 15) is 10.1 Å². The first-order valence-corrected chi connectivity index (χ1v) is 5.46. The number of ether oxygens (including phenoxy) is 1. The number of nitrogens with zero attached hydrogens (tertiary/aromatic N) is 3. The first-order valence-electron chi connectivity index (χ1n) is 5.08. The molecule has 0 aliphatic heterocycles. The van der Waals surface area contributed by atoms with E-state index < -0.39 is 4.92 Å². The predicted molar refractivity (Wildman–Crippen MR) is 67.1 cm³/mol. The number of nitriles is 1. The van der Waals surface area contributed by atoms with Crippen LogP contribution in [0.4, 0.5) is 5.69 Å². The number of hydrogen-bond acceptors (Lipinski definition) is 5.